The Balaban J connectivity index is 1.90. The standard InChI is InChI=1S/C16H22N2O2/c1-17(2)9-8-15(19)16-13-18(10-11-20-16)12-14-6-4-3-5-7-14/h3-9,16H,10-13H2,1-2H3/b9-8+/t16-/m1/s1. The monoisotopic (exact) mass is 274 g/mol. The summed E-state index contributed by atoms with van der Waals surface area (Å²) in [6, 6.07) is 10.3. The van der Waals surface area contributed by atoms with Gasteiger partial charge in [-0.3, -0.25) is 9.69 Å². The van der Waals surface area contributed by atoms with E-state index in [0.29, 0.717) is 13.2 Å². The molecule has 0 saturated carbocycles. The van der Waals surface area contributed by atoms with Crippen LogP contribution in [0.4, 0.5) is 0 Å². The highest BCUT2D eigenvalue weighted by Crippen LogP contribution is 2.11. The lowest BCUT2D eigenvalue weighted by molar-refractivity contribution is -0.131. The van der Waals surface area contributed by atoms with Crippen LogP contribution in [0.15, 0.2) is 42.6 Å². The fourth-order valence-electron chi connectivity index (χ4n) is 2.19. The molecule has 0 amide bonds. The van der Waals surface area contributed by atoms with Crippen LogP contribution in [0.2, 0.25) is 0 Å². The Morgan fingerprint density at radius 2 is 2.15 bits per heavy atom. The smallest absolute Gasteiger partial charge is 0.187 e. The van der Waals surface area contributed by atoms with Gasteiger partial charge in [0.05, 0.1) is 6.61 Å². The van der Waals surface area contributed by atoms with Crippen molar-refractivity contribution in [3.05, 3.63) is 48.2 Å². The molecule has 108 valence electrons. The van der Waals surface area contributed by atoms with Crippen molar-refractivity contribution in [1.29, 1.82) is 0 Å². The van der Waals surface area contributed by atoms with Gasteiger partial charge in [0, 0.05) is 39.9 Å². The first-order valence-electron chi connectivity index (χ1n) is 6.91. The summed E-state index contributed by atoms with van der Waals surface area (Å²) < 4.78 is 5.58. The van der Waals surface area contributed by atoms with Gasteiger partial charge in [-0.25, -0.2) is 0 Å². The van der Waals surface area contributed by atoms with Gasteiger partial charge in [-0.2, -0.15) is 0 Å². The lowest BCUT2D eigenvalue weighted by Crippen LogP contribution is -2.45. The minimum Gasteiger partial charge on any atom is -0.383 e. The van der Waals surface area contributed by atoms with E-state index < -0.39 is 0 Å². The van der Waals surface area contributed by atoms with Gasteiger partial charge in [0.2, 0.25) is 0 Å². The highest BCUT2D eigenvalue weighted by atomic mass is 16.5. The first kappa shape index (κ1) is 14.8. The van der Waals surface area contributed by atoms with Crippen LogP contribution in [0.5, 0.6) is 0 Å². The first-order chi connectivity index (χ1) is 9.65. The minimum absolute atomic E-state index is 0.0384. The molecule has 0 unspecified atom stereocenters. The van der Waals surface area contributed by atoms with Gasteiger partial charge in [0.15, 0.2) is 5.78 Å². The maximum absolute atomic E-state index is 12.0. The van der Waals surface area contributed by atoms with Gasteiger partial charge < -0.3 is 9.64 Å². The van der Waals surface area contributed by atoms with Gasteiger partial charge in [-0.15, -0.1) is 0 Å². The Hall–Kier alpha value is -1.65. The van der Waals surface area contributed by atoms with E-state index in [1.165, 1.54) is 5.56 Å². The van der Waals surface area contributed by atoms with E-state index in [-0.39, 0.29) is 11.9 Å². The van der Waals surface area contributed by atoms with E-state index in [2.05, 4.69) is 17.0 Å². The summed E-state index contributed by atoms with van der Waals surface area (Å²) in [5.41, 5.74) is 1.27. The summed E-state index contributed by atoms with van der Waals surface area (Å²) in [4.78, 5) is 16.2. The molecule has 0 spiro atoms. The predicted molar refractivity (Wildman–Crippen MR) is 79.3 cm³/mol. The van der Waals surface area contributed by atoms with Crippen LogP contribution < -0.4 is 0 Å². The van der Waals surface area contributed by atoms with Crippen molar-refractivity contribution in [2.24, 2.45) is 0 Å². The molecule has 1 aromatic carbocycles. The molecule has 4 nitrogen and oxygen atoms in total. The number of carbonyl (C=O) groups is 1. The Morgan fingerprint density at radius 3 is 2.85 bits per heavy atom. The van der Waals surface area contributed by atoms with Crippen LogP contribution in [0.1, 0.15) is 5.56 Å². The molecule has 4 heteroatoms. The van der Waals surface area contributed by atoms with Crippen LogP contribution >= 0.6 is 0 Å². The molecule has 1 heterocycles. The highest BCUT2D eigenvalue weighted by molar-refractivity contribution is 5.93. The molecule has 0 aliphatic carbocycles. The van der Waals surface area contributed by atoms with Gasteiger partial charge in [-0.05, 0) is 11.6 Å². The van der Waals surface area contributed by atoms with Crippen molar-refractivity contribution in [1.82, 2.24) is 9.80 Å². The summed E-state index contributed by atoms with van der Waals surface area (Å²) in [6.07, 6.45) is 3.02. The molecule has 0 aromatic heterocycles. The van der Waals surface area contributed by atoms with E-state index in [9.17, 15) is 4.79 Å². The number of morpholine rings is 1. The lowest BCUT2D eigenvalue weighted by atomic mass is 10.1. The topological polar surface area (TPSA) is 32.8 Å². The highest BCUT2D eigenvalue weighted by Gasteiger charge is 2.24. The number of hydrogen-bond acceptors (Lipinski definition) is 4. The third-order valence-corrected chi connectivity index (χ3v) is 3.25. The molecule has 0 radical (unpaired) electrons. The second kappa shape index (κ2) is 7.22. The Bertz CT molecular complexity index is 457. The quantitative estimate of drug-likeness (QED) is 0.762. The van der Waals surface area contributed by atoms with Gasteiger partial charge in [0.25, 0.3) is 0 Å². The fraction of sp³-hybridized carbons (Fsp3) is 0.438. The lowest BCUT2D eigenvalue weighted by Gasteiger charge is -2.31. The zero-order chi connectivity index (χ0) is 14.4. The molecule has 1 aliphatic rings. The van der Waals surface area contributed by atoms with Crippen LogP contribution in [-0.4, -0.2) is 55.5 Å². The van der Waals surface area contributed by atoms with Crippen molar-refractivity contribution in [3.8, 4) is 0 Å². The number of ether oxygens (including phenoxy) is 1. The normalized spacial score (nSPS) is 20.2. The molecule has 1 aromatic rings. The molecule has 1 aliphatic heterocycles. The molecular formula is C16H22N2O2. The van der Waals surface area contributed by atoms with Gasteiger partial charge in [-0.1, -0.05) is 30.3 Å². The number of rotatable bonds is 5. The second-order valence-corrected chi connectivity index (χ2v) is 5.26. The zero-order valence-electron chi connectivity index (χ0n) is 12.2. The number of benzene rings is 1. The van der Waals surface area contributed by atoms with Crippen LogP contribution in [0.25, 0.3) is 0 Å². The summed E-state index contributed by atoms with van der Waals surface area (Å²) in [5.74, 6) is 0.0384. The predicted octanol–water partition coefficient (Wildman–Crippen LogP) is 1.53. The van der Waals surface area contributed by atoms with Crippen molar-refractivity contribution < 1.29 is 9.53 Å². The molecule has 1 atom stereocenters. The molecular weight excluding hydrogens is 252 g/mol. The first-order valence-corrected chi connectivity index (χ1v) is 6.91. The van der Waals surface area contributed by atoms with Crippen LogP contribution in [0.3, 0.4) is 0 Å². The number of hydrogen-bond donors (Lipinski definition) is 0. The third-order valence-electron chi connectivity index (χ3n) is 3.25. The zero-order valence-corrected chi connectivity index (χ0v) is 12.2. The van der Waals surface area contributed by atoms with E-state index in [1.807, 2.05) is 37.2 Å². The van der Waals surface area contributed by atoms with Crippen molar-refractivity contribution in [2.75, 3.05) is 33.8 Å². The maximum atomic E-state index is 12.0. The number of nitrogens with zero attached hydrogens (tertiary/aromatic N) is 2. The summed E-state index contributed by atoms with van der Waals surface area (Å²) in [7, 11) is 3.79. The third kappa shape index (κ3) is 4.47. The van der Waals surface area contributed by atoms with E-state index in [0.717, 1.165) is 13.1 Å². The molecule has 20 heavy (non-hydrogen) atoms. The minimum atomic E-state index is -0.344. The Kier molecular flexibility index (Phi) is 5.32. The van der Waals surface area contributed by atoms with E-state index in [4.69, 9.17) is 4.74 Å². The van der Waals surface area contributed by atoms with Crippen LogP contribution in [0, 0.1) is 0 Å². The van der Waals surface area contributed by atoms with Gasteiger partial charge in [0.1, 0.15) is 6.10 Å². The summed E-state index contributed by atoms with van der Waals surface area (Å²) in [6.45, 7) is 3.01. The Morgan fingerprint density at radius 1 is 1.40 bits per heavy atom. The average molecular weight is 274 g/mol. The van der Waals surface area contributed by atoms with Crippen molar-refractivity contribution in [3.63, 3.8) is 0 Å². The molecule has 0 bridgehead atoms. The second-order valence-electron chi connectivity index (χ2n) is 5.26. The summed E-state index contributed by atoms with van der Waals surface area (Å²) >= 11 is 0. The Labute approximate surface area is 120 Å². The molecule has 1 saturated heterocycles. The molecule has 0 N–H and O–H groups in total. The fourth-order valence-corrected chi connectivity index (χ4v) is 2.19. The number of carbonyl (C=O) groups excluding carboxylic acids is 1. The average Bonchev–Trinajstić information content (AvgIpc) is 2.46. The molecule has 2 rings (SSSR count). The SMILES string of the molecule is CN(C)/C=C/C(=O)[C@H]1CN(Cc2ccccc2)CCO1. The van der Waals surface area contributed by atoms with Crippen molar-refractivity contribution in [2.45, 2.75) is 12.6 Å². The summed E-state index contributed by atoms with van der Waals surface area (Å²) in [5, 5.41) is 0. The largest absolute Gasteiger partial charge is 0.383 e. The van der Waals surface area contributed by atoms with E-state index >= 15 is 0 Å². The maximum Gasteiger partial charge on any atom is 0.187 e. The van der Waals surface area contributed by atoms with Gasteiger partial charge >= 0.3 is 0 Å². The van der Waals surface area contributed by atoms with Crippen molar-refractivity contribution >= 4 is 5.78 Å². The molecule has 1 fully saturated rings. The van der Waals surface area contributed by atoms with Crippen LogP contribution in [-0.2, 0) is 16.1 Å². The van der Waals surface area contributed by atoms with E-state index in [1.54, 1.807) is 12.3 Å². The number of ketones is 1.